The molecule has 0 spiro atoms. The zero-order valence-corrected chi connectivity index (χ0v) is 18.2. The smallest absolute Gasteiger partial charge is 0.261 e. The number of nitrogens with two attached hydrogens (primary N) is 1. The summed E-state index contributed by atoms with van der Waals surface area (Å²) in [5.41, 5.74) is 1.41. The molecule has 0 heterocycles. The van der Waals surface area contributed by atoms with Crippen molar-refractivity contribution >= 4 is 31.6 Å². The molecule has 1 amide bonds. The molecule has 162 valence electrons. The van der Waals surface area contributed by atoms with E-state index in [9.17, 15) is 21.6 Å². The SMILES string of the molecule is C[C@@H](NC(=O)c1ccc(S(=O)(=O)Nc2ccccc2)cc1)c1ccc(S(N)(=O)=O)cc1. The van der Waals surface area contributed by atoms with Crippen molar-refractivity contribution in [3.8, 4) is 0 Å². The molecule has 31 heavy (non-hydrogen) atoms. The highest BCUT2D eigenvalue weighted by atomic mass is 32.2. The fourth-order valence-corrected chi connectivity index (χ4v) is 4.39. The number of amides is 1. The van der Waals surface area contributed by atoms with Crippen LogP contribution in [0, 0.1) is 0 Å². The highest BCUT2D eigenvalue weighted by molar-refractivity contribution is 7.92. The van der Waals surface area contributed by atoms with Gasteiger partial charge in [0.05, 0.1) is 15.8 Å². The molecule has 0 bridgehead atoms. The van der Waals surface area contributed by atoms with Gasteiger partial charge in [-0.25, -0.2) is 22.0 Å². The van der Waals surface area contributed by atoms with Crippen molar-refractivity contribution in [2.24, 2.45) is 5.14 Å². The van der Waals surface area contributed by atoms with Crippen LogP contribution in [-0.4, -0.2) is 22.7 Å². The number of para-hydroxylation sites is 1. The predicted molar refractivity (Wildman–Crippen MR) is 117 cm³/mol. The lowest BCUT2D eigenvalue weighted by Gasteiger charge is -2.15. The van der Waals surface area contributed by atoms with Gasteiger partial charge in [0.25, 0.3) is 15.9 Å². The van der Waals surface area contributed by atoms with E-state index in [-0.39, 0.29) is 15.4 Å². The van der Waals surface area contributed by atoms with Gasteiger partial charge in [-0.15, -0.1) is 0 Å². The van der Waals surface area contributed by atoms with Crippen LogP contribution in [0.5, 0.6) is 0 Å². The van der Waals surface area contributed by atoms with Gasteiger partial charge in [-0.2, -0.15) is 0 Å². The summed E-state index contributed by atoms with van der Waals surface area (Å²) < 4.78 is 50.1. The Hall–Kier alpha value is -3.21. The molecule has 0 aliphatic carbocycles. The molecule has 3 rings (SSSR count). The molecule has 0 aromatic heterocycles. The summed E-state index contributed by atoms with van der Waals surface area (Å²) in [7, 11) is -7.57. The summed E-state index contributed by atoms with van der Waals surface area (Å²) >= 11 is 0. The van der Waals surface area contributed by atoms with Crippen molar-refractivity contribution in [1.29, 1.82) is 0 Å². The molecule has 4 N–H and O–H groups in total. The van der Waals surface area contributed by atoms with E-state index in [0.29, 0.717) is 11.3 Å². The predicted octanol–water partition coefficient (Wildman–Crippen LogP) is 2.63. The normalized spacial score (nSPS) is 12.7. The van der Waals surface area contributed by atoms with Crippen molar-refractivity contribution in [3.05, 3.63) is 90.0 Å². The standard InChI is InChI=1S/C21H21N3O5S2/c1-15(16-7-11-19(12-8-16)30(22,26)27)23-21(25)17-9-13-20(14-10-17)31(28,29)24-18-5-3-2-4-6-18/h2-15,24H,1H3,(H,23,25)(H2,22,26,27)/t15-/m1/s1. The molecule has 1 atom stereocenters. The van der Waals surface area contributed by atoms with E-state index in [1.54, 1.807) is 49.4 Å². The minimum Gasteiger partial charge on any atom is -0.346 e. The lowest BCUT2D eigenvalue weighted by Crippen LogP contribution is -2.26. The maximum Gasteiger partial charge on any atom is 0.261 e. The minimum atomic E-state index is -3.79. The van der Waals surface area contributed by atoms with Gasteiger partial charge >= 0.3 is 0 Å². The summed E-state index contributed by atoms with van der Waals surface area (Å²) in [6.07, 6.45) is 0. The van der Waals surface area contributed by atoms with Gasteiger partial charge in [-0.3, -0.25) is 9.52 Å². The highest BCUT2D eigenvalue weighted by Crippen LogP contribution is 2.18. The van der Waals surface area contributed by atoms with Crippen LogP contribution in [0.1, 0.15) is 28.9 Å². The minimum absolute atomic E-state index is 0.0179. The van der Waals surface area contributed by atoms with Gasteiger partial charge in [-0.05, 0) is 61.0 Å². The average molecular weight is 460 g/mol. The van der Waals surface area contributed by atoms with Crippen LogP contribution in [0.3, 0.4) is 0 Å². The second-order valence-corrected chi connectivity index (χ2v) is 10.0. The summed E-state index contributed by atoms with van der Waals surface area (Å²) in [6, 6.07) is 19.5. The summed E-state index contributed by atoms with van der Waals surface area (Å²) in [4.78, 5) is 12.5. The van der Waals surface area contributed by atoms with Crippen LogP contribution >= 0.6 is 0 Å². The second kappa shape index (κ2) is 8.88. The monoisotopic (exact) mass is 459 g/mol. The van der Waals surface area contributed by atoms with Crippen molar-refractivity contribution in [2.75, 3.05) is 4.72 Å². The van der Waals surface area contributed by atoms with Crippen LogP contribution in [-0.2, 0) is 20.0 Å². The summed E-state index contributed by atoms with van der Waals surface area (Å²) in [6.45, 7) is 1.74. The van der Waals surface area contributed by atoms with Crippen LogP contribution in [0.25, 0.3) is 0 Å². The van der Waals surface area contributed by atoms with Crippen molar-refractivity contribution in [1.82, 2.24) is 5.32 Å². The Morgan fingerprint density at radius 3 is 1.90 bits per heavy atom. The molecular weight excluding hydrogens is 438 g/mol. The molecule has 0 saturated carbocycles. The van der Waals surface area contributed by atoms with Gasteiger partial charge in [0, 0.05) is 11.3 Å². The van der Waals surface area contributed by atoms with Crippen LogP contribution < -0.4 is 15.2 Å². The van der Waals surface area contributed by atoms with E-state index >= 15 is 0 Å². The summed E-state index contributed by atoms with van der Waals surface area (Å²) in [5.74, 6) is -0.400. The van der Waals surface area contributed by atoms with E-state index in [4.69, 9.17) is 5.14 Å². The van der Waals surface area contributed by atoms with Gasteiger partial charge < -0.3 is 5.32 Å². The fourth-order valence-electron chi connectivity index (χ4n) is 2.82. The molecule has 0 unspecified atom stereocenters. The topological polar surface area (TPSA) is 135 Å². The third kappa shape index (κ3) is 5.69. The number of rotatable bonds is 7. The van der Waals surface area contributed by atoms with Crippen molar-refractivity contribution in [3.63, 3.8) is 0 Å². The molecule has 3 aromatic carbocycles. The summed E-state index contributed by atoms with van der Waals surface area (Å²) in [5, 5.41) is 7.86. The quantitative estimate of drug-likeness (QED) is 0.499. The van der Waals surface area contributed by atoms with Crippen molar-refractivity contribution < 1.29 is 21.6 Å². The number of benzene rings is 3. The third-order valence-corrected chi connectivity index (χ3v) is 6.84. The Balaban J connectivity index is 1.68. The highest BCUT2D eigenvalue weighted by Gasteiger charge is 2.17. The first-order valence-corrected chi connectivity index (χ1v) is 12.2. The molecular formula is C21H21N3O5S2. The van der Waals surface area contributed by atoms with E-state index in [2.05, 4.69) is 10.0 Å². The Morgan fingerprint density at radius 2 is 1.35 bits per heavy atom. The van der Waals surface area contributed by atoms with Crippen LogP contribution in [0.2, 0.25) is 0 Å². The third-order valence-electron chi connectivity index (χ3n) is 4.51. The van der Waals surface area contributed by atoms with E-state index in [1.165, 1.54) is 36.4 Å². The van der Waals surface area contributed by atoms with Gasteiger partial charge in [0.15, 0.2) is 0 Å². The number of hydrogen-bond donors (Lipinski definition) is 3. The lowest BCUT2D eigenvalue weighted by molar-refractivity contribution is 0.0939. The molecule has 0 aliphatic heterocycles. The van der Waals surface area contributed by atoms with E-state index < -0.39 is 32.0 Å². The number of nitrogens with one attached hydrogen (secondary N) is 2. The molecule has 0 aliphatic rings. The number of carbonyl (C=O) groups is 1. The van der Waals surface area contributed by atoms with E-state index in [0.717, 1.165) is 0 Å². The van der Waals surface area contributed by atoms with E-state index in [1.807, 2.05) is 0 Å². The Bertz CT molecular complexity index is 1270. The molecule has 0 saturated heterocycles. The molecule has 3 aromatic rings. The van der Waals surface area contributed by atoms with Crippen LogP contribution in [0.4, 0.5) is 5.69 Å². The zero-order chi connectivity index (χ0) is 22.6. The first-order valence-electron chi connectivity index (χ1n) is 9.18. The first-order chi connectivity index (χ1) is 14.6. The van der Waals surface area contributed by atoms with Gasteiger partial charge in [-0.1, -0.05) is 30.3 Å². The Labute approximate surface area is 181 Å². The zero-order valence-electron chi connectivity index (χ0n) is 16.5. The Morgan fingerprint density at radius 1 is 0.806 bits per heavy atom. The molecule has 8 nitrogen and oxygen atoms in total. The lowest BCUT2D eigenvalue weighted by atomic mass is 10.1. The number of primary sulfonamides is 1. The first kappa shape index (κ1) is 22.5. The maximum atomic E-state index is 12.5. The molecule has 0 fully saturated rings. The Kier molecular flexibility index (Phi) is 6.44. The van der Waals surface area contributed by atoms with Crippen molar-refractivity contribution in [2.45, 2.75) is 22.8 Å². The van der Waals surface area contributed by atoms with Gasteiger partial charge in [0.2, 0.25) is 10.0 Å². The number of anilines is 1. The molecule has 0 radical (unpaired) electrons. The largest absolute Gasteiger partial charge is 0.346 e. The number of hydrogen-bond acceptors (Lipinski definition) is 5. The molecule has 10 heteroatoms. The van der Waals surface area contributed by atoms with Gasteiger partial charge in [0.1, 0.15) is 0 Å². The number of carbonyl (C=O) groups excluding carboxylic acids is 1. The average Bonchev–Trinajstić information content (AvgIpc) is 2.73. The number of sulfonamides is 2. The van der Waals surface area contributed by atoms with Crippen LogP contribution in [0.15, 0.2) is 88.7 Å². The maximum absolute atomic E-state index is 12.5. The fraction of sp³-hybridized carbons (Fsp3) is 0.0952. The second-order valence-electron chi connectivity index (χ2n) is 6.81.